The topological polar surface area (TPSA) is 29.3 Å². The Labute approximate surface area is 133 Å². The van der Waals surface area contributed by atoms with Gasteiger partial charge >= 0.3 is 0 Å². The third-order valence-corrected chi connectivity index (χ3v) is 3.83. The van der Waals surface area contributed by atoms with E-state index in [4.69, 9.17) is 5.73 Å². The number of hydrogen-bond donors (Lipinski definition) is 1. The summed E-state index contributed by atoms with van der Waals surface area (Å²) in [7, 11) is 0. The van der Waals surface area contributed by atoms with Crippen LogP contribution in [0.3, 0.4) is 0 Å². The molecule has 2 rings (SSSR count). The van der Waals surface area contributed by atoms with E-state index in [9.17, 15) is 4.39 Å². The van der Waals surface area contributed by atoms with E-state index in [0.717, 1.165) is 28.8 Å². The summed E-state index contributed by atoms with van der Waals surface area (Å²) >= 11 is 3.53. The molecule has 0 aliphatic carbocycles. The predicted molar refractivity (Wildman–Crippen MR) is 90.6 cm³/mol. The van der Waals surface area contributed by atoms with Crippen molar-refractivity contribution in [2.75, 3.05) is 11.4 Å². The summed E-state index contributed by atoms with van der Waals surface area (Å²) in [6.07, 6.45) is 0.806. The van der Waals surface area contributed by atoms with E-state index in [-0.39, 0.29) is 11.9 Å². The van der Waals surface area contributed by atoms with Gasteiger partial charge in [-0.25, -0.2) is 4.39 Å². The van der Waals surface area contributed by atoms with Crippen LogP contribution in [0.2, 0.25) is 0 Å². The maximum absolute atomic E-state index is 13.1. The van der Waals surface area contributed by atoms with Gasteiger partial charge in [0.05, 0.1) is 0 Å². The number of halogens is 2. The number of anilines is 2. The van der Waals surface area contributed by atoms with Crippen molar-refractivity contribution in [2.24, 2.45) is 5.73 Å². The number of nitrogens with two attached hydrogens (primary N) is 1. The van der Waals surface area contributed by atoms with Gasteiger partial charge in [0.2, 0.25) is 0 Å². The molecule has 0 aromatic heterocycles. The average Bonchev–Trinajstić information content (AvgIpc) is 2.44. The first kappa shape index (κ1) is 16.0. The maximum atomic E-state index is 13.1. The molecule has 1 atom stereocenters. The fourth-order valence-corrected chi connectivity index (χ4v) is 2.77. The van der Waals surface area contributed by atoms with E-state index >= 15 is 0 Å². The van der Waals surface area contributed by atoms with Crippen molar-refractivity contribution in [1.29, 1.82) is 0 Å². The molecule has 0 saturated heterocycles. The zero-order chi connectivity index (χ0) is 15.4. The van der Waals surface area contributed by atoms with Gasteiger partial charge in [-0.15, -0.1) is 0 Å². The molecule has 1 unspecified atom stereocenters. The summed E-state index contributed by atoms with van der Waals surface area (Å²) in [5.41, 5.74) is 9.23. The van der Waals surface area contributed by atoms with Crippen molar-refractivity contribution < 1.29 is 4.39 Å². The Hall–Kier alpha value is -1.39. The van der Waals surface area contributed by atoms with E-state index in [1.807, 2.05) is 13.0 Å². The summed E-state index contributed by atoms with van der Waals surface area (Å²) < 4.78 is 14.1. The number of benzene rings is 2. The lowest BCUT2D eigenvalue weighted by Crippen LogP contribution is -2.22. The van der Waals surface area contributed by atoms with Gasteiger partial charge in [0.15, 0.2) is 0 Å². The second-order valence-corrected chi connectivity index (χ2v) is 6.09. The molecule has 0 fully saturated rings. The van der Waals surface area contributed by atoms with E-state index in [0.29, 0.717) is 0 Å². The van der Waals surface area contributed by atoms with Crippen LogP contribution >= 0.6 is 15.9 Å². The van der Waals surface area contributed by atoms with Crippen LogP contribution in [0, 0.1) is 5.82 Å². The molecule has 2 aromatic rings. The summed E-state index contributed by atoms with van der Waals surface area (Å²) in [5, 5.41) is 0. The van der Waals surface area contributed by atoms with Gasteiger partial charge in [0.25, 0.3) is 0 Å². The fraction of sp³-hybridized carbons (Fsp3) is 0.294. The van der Waals surface area contributed by atoms with Crippen LogP contribution in [0.25, 0.3) is 0 Å². The number of nitrogens with zero attached hydrogens (tertiary/aromatic N) is 1. The van der Waals surface area contributed by atoms with Crippen molar-refractivity contribution in [3.05, 3.63) is 58.3 Å². The van der Waals surface area contributed by atoms with Gasteiger partial charge in [-0.3, -0.25) is 0 Å². The highest BCUT2D eigenvalue weighted by atomic mass is 79.9. The molecule has 0 bridgehead atoms. The van der Waals surface area contributed by atoms with E-state index in [1.165, 1.54) is 17.7 Å². The van der Waals surface area contributed by atoms with E-state index in [1.54, 1.807) is 12.1 Å². The molecule has 0 spiro atoms. The molecule has 112 valence electrons. The lowest BCUT2D eigenvalue weighted by molar-refractivity contribution is 0.628. The smallest absolute Gasteiger partial charge is 0.123 e. The normalized spacial score (nSPS) is 12.2. The highest BCUT2D eigenvalue weighted by Crippen LogP contribution is 2.31. The Kier molecular flexibility index (Phi) is 5.37. The van der Waals surface area contributed by atoms with E-state index in [2.05, 4.69) is 39.9 Å². The standard InChI is InChI=1S/C17H20BrFN2/c1-3-21(16-8-6-15(19)7-9-16)17-11-14(18)5-4-13(17)10-12(2)20/h4-9,11-12H,3,10,20H2,1-2H3. The molecule has 0 saturated carbocycles. The van der Waals surface area contributed by atoms with Gasteiger partial charge < -0.3 is 10.6 Å². The van der Waals surface area contributed by atoms with Crippen molar-refractivity contribution in [1.82, 2.24) is 0 Å². The molecule has 2 aromatic carbocycles. The van der Waals surface area contributed by atoms with Crippen LogP contribution in [0.1, 0.15) is 19.4 Å². The molecule has 0 aliphatic rings. The zero-order valence-corrected chi connectivity index (χ0v) is 13.9. The Morgan fingerprint density at radius 1 is 1.19 bits per heavy atom. The van der Waals surface area contributed by atoms with Crippen LogP contribution in [0.4, 0.5) is 15.8 Å². The molecule has 0 amide bonds. The second kappa shape index (κ2) is 7.05. The van der Waals surface area contributed by atoms with Crippen LogP contribution in [-0.4, -0.2) is 12.6 Å². The Morgan fingerprint density at radius 2 is 1.86 bits per heavy atom. The largest absolute Gasteiger partial charge is 0.342 e. The average molecular weight is 351 g/mol. The number of rotatable bonds is 5. The van der Waals surface area contributed by atoms with Crippen molar-refractivity contribution in [2.45, 2.75) is 26.3 Å². The van der Waals surface area contributed by atoms with Crippen LogP contribution in [0.5, 0.6) is 0 Å². The molecule has 2 nitrogen and oxygen atoms in total. The molecule has 2 N–H and O–H groups in total. The number of hydrogen-bond acceptors (Lipinski definition) is 2. The molecule has 0 heterocycles. The first-order chi connectivity index (χ1) is 10.0. The highest BCUT2D eigenvalue weighted by molar-refractivity contribution is 9.10. The minimum Gasteiger partial charge on any atom is -0.342 e. The molecule has 21 heavy (non-hydrogen) atoms. The molecule has 4 heteroatoms. The Bertz CT molecular complexity index is 596. The lowest BCUT2D eigenvalue weighted by Gasteiger charge is -2.27. The van der Waals surface area contributed by atoms with Crippen molar-refractivity contribution in [3.8, 4) is 0 Å². The SMILES string of the molecule is CCN(c1ccc(F)cc1)c1cc(Br)ccc1CC(C)N. The van der Waals surface area contributed by atoms with Gasteiger partial charge in [0.1, 0.15) is 5.82 Å². The summed E-state index contributed by atoms with van der Waals surface area (Å²) in [4.78, 5) is 2.17. The highest BCUT2D eigenvalue weighted by Gasteiger charge is 2.13. The first-order valence-electron chi connectivity index (χ1n) is 7.08. The quantitative estimate of drug-likeness (QED) is 0.851. The van der Waals surface area contributed by atoms with Crippen molar-refractivity contribution in [3.63, 3.8) is 0 Å². The zero-order valence-electron chi connectivity index (χ0n) is 12.3. The monoisotopic (exact) mass is 350 g/mol. The molecule has 0 radical (unpaired) electrons. The Balaban J connectivity index is 2.45. The van der Waals surface area contributed by atoms with Gasteiger partial charge in [-0.2, -0.15) is 0 Å². The molecular formula is C17H20BrFN2. The molecular weight excluding hydrogens is 331 g/mol. The Morgan fingerprint density at radius 3 is 2.43 bits per heavy atom. The van der Waals surface area contributed by atoms with Crippen LogP contribution in [0.15, 0.2) is 46.9 Å². The summed E-state index contributed by atoms with van der Waals surface area (Å²) in [5.74, 6) is -0.222. The van der Waals surface area contributed by atoms with Crippen LogP contribution < -0.4 is 10.6 Å². The summed E-state index contributed by atoms with van der Waals surface area (Å²) in [6, 6.07) is 12.9. The first-order valence-corrected chi connectivity index (χ1v) is 7.87. The van der Waals surface area contributed by atoms with Gasteiger partial charge in [-0.05, 0) is 62.2 Å². The van der Waals surface area contributed by atoms with Gasteiger partial charge in [0, 0.05) is 28.4 Å². The maximum Gasteiger partial charge on any atom is 0.123 e. The fourth-order valence-electron chi connectivity index (χ4n) is 2.42. The van der Waals surface area contributed by atoms with Crippen LogP contribution in [-0.2, 0) is 6.42 Å². The predicted octanol–water partition coefficient (Wildman–Crippen LogP) is 4.64. The summed E-state index contributed by atoms with van der Waals surface area (Å²) in [6.45, 7) is 4.88. The third-order valence-electron chi connectivity index (χ3n) is 3.33. The lowest BCUT2D eigenvalue weighted by atomic mass is 10.0. The molecule has 0 aliphatic heterocycles. The minimum atomic E-state index is -0.222. The second-order valence-electron chi connectivity index (χ2n) is 5.18. The third kappa shape index (κ3) is 4.05. The van der Waals surface area contributed by atoms with Crippen molar-refractivity contribution >= 4 is 27.3 Å². The minimum absolute atomic E-state index is 0.0943. The van der Waals surface area contributed by atoms with Gasteiger partial charge in [-0.1, -0.05) is 22.0 Å². The van der Waals surface area contributed by atoms with E-state index < -0.39 is 0 Å².